The van der Waals surface area contributed by atoms with E-state index in [0.717, 1.165) is 33.4 Å². The summed E-state index contributed by atoms with van der Waals surface area (Å²) in [5, 5.41) is 22.8. The highest BCUT2D eigenvalue weighted by atomic mass is 16.3. The van der Waals surface area contributed by atoms with Gasteiger partial charge in [0, 0.05) is 40.0 Å². The Balaban J connectivity index is 1.79. The Morgan fingerprint density at radius 3 is 1.09 bits per heavy atom. The van der Waals surface area contributed by atoms with Gasteiger partial charge in [-0.3, -0.25) is 0 Å². The van der Waals surface area contributed by atoms with Gasteiger partial charge in [0.2, 0.25) is 0 Å². The summed E-state index contributed by atoms with van der Waals surface area (Å²) in [6.07, 6.45) is 0. The van der Waals surface area contributed by atoms with Crippen LogP contribution >= 0.6 is 0 Å². The van der Waals surface area contributed by atoms with Crippen LogP contribution in [0.15, 0.2) is 84.9 Å². The smallest absolute Gasteiger partial charge is 0.123 e. The summed E-state index contributed by atoms with van der Waals surface area (Å²) in [4.78, 5) is 0. The third-order valence-electron chi connectivity index (χ3n) is 7.09. The van der Waals surface area contributed by atoms with Crippen LogP contribution in [0.25, 0.3) is 0 Å². The lowest BCUT2D eigenvalue weighted by atomic mass is 9.82. The molecule has 2 atom stereocenters. The van der Waals surface area contributed by atoms with E-state index in [1.54, 1.807) is 0 Å². The molecule has 0 spiro atoms. The second-order valence-corrected chi connectivity index (χ2v) is 9.57. The van der Waals surface area contributed by atoms with Crippen molar-refractivity contribution in [1.29, 1.82) is 0 Å². The molecule has 0 aliphatic carbocycles. The van der Waals surface area contributed by atoms with Gasteiger partial charge in [-0.25, -0.2) is 0 Å². The Morgan fingerprint density at radius 1 is 0.471 bits per heavy atom. The van der Waals surface area contributed by atoms with Gasteiger partial charge in [-0.05, 0) is 25.0 Å². The van der Waals surface area contributed by atoms with Crippen molar-refractivity contribution < 1.29 is 10.2 Å². The van der Waals surface area contributed by atoms with Gasteiger partial charge in [0.1, 0.15) is 11.5 Å². The van der Waals surface area contributed by atoms with Crippen molar-refractivity contribution in [2.24, 2.45) is 0 Å². The predicted molar refractivity (Wildman–Crippen MR) is 141 cm³/mol. The minimum Gasteiger partial charge on any atom is -0.507 e. The lowest BCUT2D eigenvalue weighted by molar-refractivity contribution is 0.447. The first-order chi connectivity index (χ1) is 16.3. The van der Waals surface area contributed by atoms with Gasteiger partial charge in [0.15, 0.2) is 0 Å². The van der Waals surface area contributed by atoms with Crippen molar-refractivity contribution in [3.8, 4) is 11.5 Å². The highest BCUT2D eigenvalue weighted by Crippen LogP contribution is 2.44. The van der Waals surface area contributed by atoms with Gasteiger partial charge < -0.3 is 10.2 Å². The van der Waals surface area contributed by atoms with E-state index in [1.165, 1.54) is 11.1 Å². The number of benzene rings is 4. The van der Waals surface area contributed by atoms with Crippen LogP contribution in [0.5, 0.6) is 11.5 Å². The molecule has 0 radical (unpaired) electrons. The number of rotatable bonds is 6. The van der Waals surface area contributed by atoms with Crippen molar-refractivity contribution in [3.63, 3.8) is 0 Å². The molecule has 2 unspecified atom stereocenters. The van der Waals surface area contributed by atoms with Gasteiger partial charge in [-0.1, -0.05) is 117 Å². The molecule has 0 aromatic heterocycles. The number of phenolic OH excluding ortho intramolecular Hbond substituents is 2. The molecule has 4 rings (SSSR count). The standard InChI is InChI=1S/C32H34O2/c1-20-16-27(22(3)25-12-8-6-9-13-25)31(33)29(18-20)24(5)30-19-21(2)17-28(32(30)34)23(4)26-14-10-7-11-15-26/h6-19,22-24,33-34H,1-5H3. The lowest BCUT2D eigenvalue weighted by Gasteiger charge is -2.24. The zero-order valence-electron chi connectivity index (χ0n) is 20.7. The number of hydrogen-bond donors (Lipinski definition) is 2. The Bertz CT molecular complexity index is 1170. The molecule has 0 fully saturated rings. The summed E-state index contributed by atoms with van der Waals surface area (Å²) in [5.41, 5.74) is 8.05. The van der Waals surface area contributed by atoms with Gasteiger partial charge in [-0.15, -0.1) is 0 Å². The van der Waals surface area contributed by atoms with Crippen molar-refractivity contribution in [2.45, 2.75) is 52.4 Å². The van der Waals surface area contributed by atoms with Crippen molar-refractivity contribution in [2.75, 3.05) is 0 Å². The molecular weight excluding hydrogens is 416 g/mol. The van der Waals surface area contributed by atoms with Gasteiger partial charge in [-0.2, -0.15) is 0 Å². The van der Waals surface area contributed by atoms with Crippen LogP contribution in [0.2, 0.25) is 0 Å². The first-order valence-electron chi connectivity index (χ1n) is 12.0. The molecule has 0 amide bonds. The van der Waals surface area contributed by atoms with E-state index in [1.807, 2.05) is 48.5 Å². The molecule has 174 valence electrons. The maximum Gasteiger partial charge on any atom is 0.123 e. The molecule has 0 saturated heterocycles. The zero-order chi connectivity index (χ0) is 24.4. The normalized spacial score (nSPS) is 13.9. The van der Waals surface area contributed by atoms with Crippen molar-refractivity contribution >= 4 is 0 Å². The third kappa shape index (κ3) is 4.59. The molecule has 4 aromatic carbocycles. The maximum absolute atomic E-state index is 11.4. The summed E-state index contributed by atoms with van der Waals surface area (Å²) < 4.78 is 0. The fraction of sp³-hybridized carbons (Fsp3) is 0.250. The monoisotopic (exact) mass is 450 g/mol. The van der Waals surface area contributed by atoms with E-state index in [9.17, 15) is 10.2 Å². The molecule has 0 heterocycles. The zero-order valence-corrected chi connectivity index (χ0v) is 20.7. The van der Waals surface area contributed by atoms with Gasteiger partial charge in [0.25, 0.3) is 0 Å². The molecule has 2 nitrogen and oxygen atoms in total. The lowest BCUT2D eigenvalue weighted by Crippen LogP contribution is -2.06. The van der Waals surface area contributed by atoms with E-state index in [2.05, 4.69) is 71.0 Å². The fourth-order valence-corrected chi connectivity index (χ4v) is 5.00. The van der Waals surface area contributed by atoms with Gasteiger partial charge >= 0.3 is 0 Å². The van der Waals surface area contributed by atoms with E-state index >= 15 is 0 Å². The van der Waals surface area contributed by atoms with E-state index in [0.29, 0.717) is 11.5 Å². The highest BCUT2D eigenvalue weighted by molar-refractivity contribution is 5.56. The summed E-state index contributed by atoms with van der Waals surface area (Å²) in [6, 6.07) is 28.8. The van der Waals surface area contributed by atoms with Crippen molar-refractivity contribution in [3.05, 3.63) is 129 Å². The molecule has 4 aromatic rings. The SMILES string of the molecule is Cc1cc(C(C)c2ccccc2)c(O)c(C(C)c2cc(C)cc(C(C)c3ccccc3)c2O)c1. The summed E-state index contributed by atoms with van der Waals surface area (Å²) in [7, 11) is 0. The summed E-state index contributed by atoms with van der Waals surface area (Å²) >= 11 is 0. The van der Waals surface area contributed by atoms with Crippen LogP contribution in [0.1, 0.15) is 83.0 Å². The van der Waals surface area contributed by atoms with E-state index in [4.69, 9.17) is 0 Å². The molecule has 0 aliphatic heterocycles. The number of aryl methyl sites for hydroxylation is 2. The third-order valence-corrected chi connectivity index (χ3v) is 7.09. The Kier molecular flexibility index (Phi) is 6.79. The molecule has 34 heavy (non-hydrogen) atoms. The molecule has 2 heteroatoms. The Hall–Kier alpha value is -3.52. The van der Waals surface area contributed by atoms with Crippen LogP contribution in [-0.2, 0) is 0 Å². The number of phenols is 2. The molecule has 0 aliphatic rings. The average molecular weight is 451 g/mol. The average Bonchev–Trinajstić information content (AvgIpc) is 2.86. The summed E-state index contributed by atoms with van der Waals surface area (Å²) in [6.45, 7) is 10.5. The molecule has 0 saturated carbocycles. The first-order valence-corrected chi connectivity index (χ1v) is 12.0. The van der Waals surface area contributed by atoms with E-state index < -0.39 is 0 Å². The predicted octanol–water partition coefficient (Wildman–Crippen LogP) is 8.17. The maximum atomic E-state index is 11.4. The van der Waals surface area contributed by atoms with Crippen LogP contribution in [0.3, 0.4) is 0 Å². The number of hydrogen-bond acceptors (Lipinski definition) is 2. The second-order valence-electron chi connectivity index (χ2n) is 9.57. The van der Waals surface area contributed by atoms with Crippen molar-refractivity contribution in [1.82, 2.24) is 0 Å². The second kappa shape index (κ2) is 9.77. The van der Waals surface area contributed by atoms with Crippen LogP contribution in [0, 0.1) is 13.8 Å². The molecule has 2 N–H and O–H groups in total. The van der Waals surface area contributed by atoms with Crippen LogP contribution < -0.4 is 0 Å². The largest absolute Gasteiger partial charge is 0.507 e. The van der Waals surface area contributed by atoms with Crippen LogP contribution in [-0.4, -0.2) is 10.2 Å². The molecule has 0 bridgehead atoms. The molecular formula is C32H34O2. The summed E-state index contributed by atoms with van der Waals surface area (Å²) in [5.74, 6) is 0.586. The minimum atomic E-state index is -0.164. The highest BCUT2D eigenvalue weighted by Gasteiger charge is 2.24. The van der Waals surface area contributed by atoms with Gasteiger partial charge in [0.05, 0.1) is 0 Å². The van der Waals surface area contributed by atoms with Crippen LogP contribution in [0.4, 0.5) is 0 Å². The van der Waals surface area contributed by atoms with E-state index in [-0.39, 0.29) is 17.8 Å². The Morgan fingerprint density at radius 2 is 0.765 bits per heavy atom. The fourth-order valence-electron chi connectivity index (χ4n) is 5.00. The quantitative estimate of drug-likeness (QED) is 0.311. The minimum absolute atomic E-state index is 0.0619. The Labute approximate surface area is 203 Å². The number of aromatic hydroxyl groups is 2. The topological polar surface area (TPSA) is 40.5 Å². The first kappa shape index (κ1) is 23.6.